The SMILES string of the molecule is CC(C)(C)c1cc2c3c(c1)N(c1ccc4ccccc4c1)c1ccc4ccccc4c1B3c1cccc3cc4sc5ccccc5c4c-2c13. The van der Waals surface area contributed by atoms with Gasteiger partial charge in [-0.1, -0.05) is 129 Å². The van der Waals surface area contributed by atoms with E-state index in [9.17, 15) is 0 Å². The fraction of sp³-hybridized carbons (Fsp3) is 0.0870. The highest BCUT2D eigenvalue weighted by Gasteiger charge is 2.43. The summed E-state index contributed by atoms with van der Waals surface area (Å²) in [4.78, 5) is 2.58. The molecule has 1 nitrogen and oxygen atoms in total. The molecule has 0 spiro atoms. The van der Waals surface area contributed by atoms with Crippen molar-refractivity contribution < 1.29 is 0 Å². The van der Waals surface area contributed by atoms with Crippen molar-refractivity contribution in [2.24, 2.45) is 0 Å². The van der Waals surface area contributed by atoms with Crippen LogP contribution in [0, 0.1) is 0 Å². The lowest BCUT2D eigenvalue weighted by atomic mass is 9.31. The Bertz CT molecular complexity index is 2890. The molecule has 0 aliphatic carbocycles. The van der Waals surface area contributed by atoms with Gasteiger partial charge in [0.05, 0.1) is 0 Å². The van der Waals surface area contributed by atoms with Crippen LogP contribution in [-0.4, -0.2) is 6.71 Å². The first-order valence-electron chi connectivity index (χ1n) is 17.3. The summed E-state index contributed by atoms with van der Waals surface area (Å²) in [5.74, 6) is 0. The average molecular weight is 642 g/mol. The summed E-state index contributed by atoms with van der Waals surface area (Å²) in [5.41, 5.74) is 12.1. The second-order valence-corrected chi connectivity index (χ2v) is 16.0. The van der Waals surface area contributed by atoms with Crippen LogP contribution in [0.25, 0.3) is 63.6 Å². The molecular weight excluding hydrogens is 609 g/mol. The van der Waals surface area contributed by atoms with Gasteiger partial charge in [-0.05, 0) is 102 Å². The van der Waals surface area contributed by atoms with E-state index in [1.807, 2.05) is 11.3 Å². The highest BCUT2D eigenvalue weighted by Crippen LogP contribution is 2.49. The highest BCUT2D eigenvalue weighted by molar-refractivity contribution is 7.26. The van der Waals surface area contributed by atoms with E-state index in [-0.39, 0.29) is 12.1 Å². The van der Waals surface area contributed by atoms with E-state index in [1.54, 1.807) is 0 Å². The molecule has 0 N–H and O–H groups in total. The molecule has 0 saturated heterocycles. The smallest absolute Gasteiger partial charge is 0.249 e. The van der Waals surface area contributed by atoms with Gasteiger partial charge in [-0.2, -0.15) is 0 Å². The predicted octanol–water partition coefficient (Wildman–Crippen LogP) is 11.1. The maximum atomic E-state index is 2.58. The summed E-state index contributed by atoms with van der Waals surface area (Å²) in [6.45, 7) is 7.18. The van der Waals surface area contributed by atoms with Crippen LogP contribution >= 0.6 is 11.3 Å². The Hall–Kier alpha value is -5.38. The normalized spacial score (nSPS) is 13.5. The molecule has 3 heterocycles. The van der Waals surface area contributed by atoms with E-state index in [0.717, 1.165) is 0 Å². The van der Waals surface area contributed by atoms with Crippen molar-refractivity contribution in [3.63, 3.8) is 0 Å². The number of anilines is 3. The Morgan fingerprint density at radius 2 is 1.27 bits per heavy atom. The fourth-order valence-electron chi connectivity index (χ4n) is 8.93. The minimum absolute atomic E-state index is 0.0412. The summed E-state index contributed by atoms with van der Waals surface area (Å²) in [7, 11) is 0. The Labute approximate surface area is 290 Å². The van der Waals surface area contributed by atoms with Crippen molar-refractivity contribution in [2.45, 2.75) is 26.2 Å². The molecule has 2 aliphatic rings. The quantitative estimate of drug-likeness (QED) is 0.161. The lowest BCUT2D eigenvalue weighted by molar-refractivity contribution is 0.591. The van der Waals surface area contributed by atoms with Gasteiger partial charge >= 0.3 is 0 Å². The molecule has 9 aromatic rings. The van der Waals surface area contributed by atoms with Gasteiger partial charge in [0.25, 0.3) is 0 Å². The molecule has 0 radical (unpaired) electrons. The van der Waals surface area contributed by atoms with Gasteiger partial charge in [0.15, 0.2) is 0 Å². The molecule has 11 rings (SSSR count). The van der Waals surface area contributed by atoms with Crippen molar-refractivity contribution in [1.82, 2.24) is 0 Å². The van der Waals surface area contributed by atoms with Crippen LogP contribution in [0.15, 0.2) is 140 Å². The zero-order chi connectivity index (χ0) is 32.6. The minimum Gasteiger partial charge on any atom is -0.311 e. The first-order valence-corrected chi connectivity index (χ1v) is 18.1. The number of thiophene rings is 1. The minimum atomic E-state index is -0.0412. The number of nitrogens with zero attached hydrogens (tertiary/aromatic N) is 1. The summed E-state index contributed by atoms with van der Waals surface area (Å²) in [6, 6.07) is 53.0. The van der Waals surface area contributed by atoms with Crippen LogP contribution in [0.3, 0.4) is 0 Å². The van der Waals surface area contributed by atoms with E-state index < -0.39 is 0 Å². The second kappa shape index (κ2) is 9.62. The molecule has 0 unspecified atom stereocenters. The van der Waals surface area contributed by atoms with Crippen LogP contribution in [-0.2, 0) is 5.41 Å². The number of fused-ring (bicyclic) bond motifs is 11. The van der Waals surface area contributed by atoms with E-state index >= 15 is 0 Å². The molecule has 3 heteroatoms. The van der Waals surface area contributed by atoms with E-state index in [0.29, 0.717) is 0 Å². The molecule has 0 amide bonds. The van der Waals surface area contributed by atoms with Gasteiger partial charge in [-0.25, -0.2) is 0 Å². The fourth-order valence-corrected chi connectivity index (χ4v) is 10.1. The first kappa shape index (κ1) is 27.6. The van der Waals surface area contributed by atoms with Crippen molar-refractivity contribution in [2.75, 3.05) is 4.90 Å². The highest BCUT2D eigenvalue weighted by atomic mass is 32.1. The lowest BCUT2D eigenvalue weighted by Crippen LogP contribution is -2.59. The number of hydrogen-bond donors (Lipinski definition) is 0. The Morgan fingerprint density at radius 3 is 2.12 bits per heavy atom. The van der Waals surface area contributed by atoms with Gasteiger partial charge in [0, 0.05) is 37.2 Å². The largest absolute Gasteiger partial charge is 0.311 e. The third kappa shape index (κ3) is 3.71. The predicted molar refractivity (Wildman–Crippen MR) is 215 cm³/mol. The molecule has 8 aromatic carbocycles. The number of benzene rings is 8. The molecular formula is C46H32BNS. The number of hydrogen-bond acceptors (Lipinski definition) is 2. The van der Waals surface area contributed by atoms with Gasteiger partial charge in [-0.15, -0.1) is 11.3 Å². The van der Waals surface area contributed by atoms with Gasteiger partial charge in [0.2, 0.25) is 6.71 Å². The van der Waals surface area contributed by atoms with E-state index in [2.05, 4.69) is 165 Å². The Morgan fingerprint density at radius 1 is 0.531 bits per heavy atom. The number of rotatable bonds is 1. The Kier molecular flexibility index (Phi) is 5.41. The summed E-state index contributed by atoms with van der Waals surface area (Å²) in [6.07, 6.45) is 0. The second-order valence-electron chi connectivity index (χ2n) is 14.9. The van der Waals surface area contributed by atoms with E-state index in [1.165, 1.54) is 103 Å². The molecule has 2 aliphatic heterocycles. The van der Waals surface area contributed by atoms with Crippen LogP contribution in [0.1, 0.15) is 26.3 Å². The molecule has 0 saturated carbocycles. The zero-order valence-corrected chi connectivity index (χ0v) is 28.5. The summed E-state index contributed by atoms with van der Waals surface area (Å²) >= 11 is 1.92. The third-order valence-electron chi connectivity index (χ3n) is 11.1. The van der Waals surface area contributed by atoms with Crippen LogP contribution < -0.4 is 21.3 Å². The summed E-state index contributed by atoms with van der Waals surface area (Å²) in [5, 5.41) is 10.6. The maximum Gasteiger partial charge on any atom is 0.249 e. The molecule has 49 heavy (non-hydrogen) atoms. The monoisotopic (exact) mass is 641 g/mol. The van der Waals surface area contributed by atoms with Crippen LogP contribution in [0.4, 0.5) is 17.1 Å². The van der Waals surface area contributed by atoms with Crippen molar-refractivity contribution in [3.8, 4) is 11.1 Å². The zero-order valence-electron chi connectivity index (χ0n) is 27.7. The first-order chi connectivity index (χ1) is 23.9. The topological polar surface area (TPSA) is 3.24 Å². The summed E-state index contributed by atoms with van der Waals surface area (Å²) < 4.78 is 2.71. The van der Waals surface area contributed by atoms with Gasteiger partial charge in [0.1, 0.15) is 0 Å². The average Bonchev–Trinajstić information content (AvgIpc) is 3.50. The third-order valence-corrected chi connectivity index (χ3v) is 12.3. The van der Waals surface area contributed by atoms with Gasteiger partial charge in [-0.3, -0.25) is 0 Å². The molecule has 0 fully saturated rings. The Balaban J connectivity index is 1.37. The molecule has 0 bridgehead atoms. The van der Waals surface area contributed by atoms with Crippen molar-refractivity contribution in [3.05, 3.63) is 145 Å². The molecule has 1 aromatic heterocycles. The standard InChI is InChI=1S/C46H32BNS/c1-46(2,3)31-25-35-43-41-30(24-40-42(43)34-16-8-9-18-39(34)49-40)14-10-17-36(41)47-44-33-15-7-6-12-28(33)20-22-37(44)48(38(26-31)45(35)47)32-21-19-27-11-4-5-13-29(27)23-32/h4-26H,1-3H3. The molecule has 0 atom stereocenters. The van der Waals surface area contributed by atoms with Crippen molar-refractivity contribution >= 4 is 104 Å². The van der Waals surface area contributed by atoms with Crippen LogP contribution in [0.5, 0.6) is 0 Å². The lowest BCUT2D eigenvalue weighted by Gasteiger charge is -2.42. The van der Waals surface area contributed by atoms with Crippen molar-refractivity contribution in [1.29, 1.82) is 0 Å². The van der Waals surface area contributed by atoms with E-state index in [4.69, 9.17) is 0 Å². The van der Waals surface area contributed by atoms with Gasteiger partial charge < -0.3 is 4.90 Å². The maximum absolute atomic E-state index is 2.58. The molecule has 230 valence electrons. The van der Waals surface area contributed by atoms with Crippen LogP contribution in [0.2, 0.25) is 0 Å².